The fraction of sp³-hybridized carbons (Fsp3) is 0.875. The third-order valence-electron chi connectivity index (χ3n) is 2.21. The third-order valence-corrected chi connectivity index (χ3v) is 2.21. The molecule has 0 aromatic carbocycles. The van der Waals surface area contributed by atoms with Crippen LogP contribution < -0.4 is 0 Å². The van der Waals surface area contributed by atoms with Crippen LogP contribution in [0.2, 0.25) is 0 Å². The Morgan fingerprint density at radius 3 is 2.14 bits per heavy atom. The van der Waals surface area contributed by atoms with Crippen LogP contribution in [0.1, 0.15) is 20.3 Å². The van der Waals surface area contributed by atoms with Crippen molar-refractivity contribution in [1.29, 1.82) is 0 Å². The molecule has 0 amide bonds. The minimum Gasteiger partial charge on any atom is -0.452 e. The first-order chi connectivity index (χ1) is 6.12. The maximum Gasteiger partial charge on any atom is 0.425 e. The van der Waals surface area contributed by atoms with Gasteiger partial charge in [-0.15, -0.1) is 0 Å². The quantitative estimate of drug-likeness (QED) is 0.665. The molecule has 1 heterocycles. The minimum absolute atomic E-state index is 0.508. The van der Waals surface area contributed by atoms with Gasteiger partial charge >= 0.3 is 12.1 Å². The summed E-state index contributed by atoms with van der Waals surface area (Å²) < 4.78 is 40.6. The van der Waals surface area contributed by atoms with Gasteiger partial charge in [-0.25, -0.2) is 0 Å². The van der Waals surface area contributed by atoms with Gasteiger partial charge in [0, 0.05) is 6.42 Å². The van der Waals surface area contributed by atoms with Gasteiger partial charge in [-0.05, 0) is 13.8 Å². The van der Waals surface area contributed by atoms with Crippen molar-refractivity contribution in [2.75, 3.05) is 0 Å². The second-order valence-electron chi connectivity index (χ2n) is 3.91. The number of carbonyl (C=O) groups is 1. The highest BCUT2D eigenvalue weighted by Gasteiger charge is 2.53. The molecule has 0 spiro atoms. The summed E-state index contributed by atoms with van der Waals surface area (Å²) in [5.41, 5.74) is -1.48. The van der Waals surface area contributed by atoms with E-state index in [1.165, 1.54) is 13.8 Å². The molecule has 1 aliphatic heterocycles. The zero-order valence-electron chi connectivity index (χ0n) is 7.76. The molecule has 1 aliphatic rings. The van der Waals surface area contributed by atoms with Crippen molar-refractivity contribution in [3.63, 3.8) is 0 Å². The fourth-order valence-corrected chi connectivity index (χ4v) is 1.36. The van der Waals surface area contributed by atoms with E-state index in [9.17, 15) is 23.1 Å². The zero-order valence-corrected chi connectivity index (χ0v) is 7.76. The van der Waals surface area contributed by atoms with Crippen molar-refractivity contribution in [2.45, 2.75) is 38.1 Å². The molecule has 0 radical (unpaired) electrons. The molecule has 3 nitrogen and oxygen atoms in total. The van der Waals surface area contributed by atoms with Gasteiger partial charge in [0.15, 0.2) is 6.10 Å². The van der Waals surface area contributed by atoms with Gasteiger partial charge in [-0.2, -0.15) is 13.2 Å². The van der Waals surface area contributed by atoms with Crippen molar-refractivity contribution >= 4 is 5.97 Å². The molecular formula is C8H11F3O3. The standard InChI is InChI=1S/C8H11F3O3/c1-7(2,13)4-3-5(8(9,10)11)14-6(4)12/h4-5,13H,3H2,1-2H3/t4-,5+/m0/s1. The van der Waals surface area contributed by atoms with Crippen molar-refractivity contribution < 1.29 is 27.8 Å². The number of alkyl halides is 3. The number of hydrogen-bond donors (Lipinski definition) is 1. The molecule has 1 saturated heterocycles. The van der Waals surface area contributed by atoms with E-state index in [0.717, 1.165) is 0 Å². The highest BCUT2D eigenvalue weighted by Crippen LogP contribution is 2.37. The first-order valence-corrected chi connectivity index (χ1v) is 4.12. The number of rotatable bonds is 1. The van der Waals surface area contributed by atoms with Gasteiger partial charge in [-0.1, -0.05) is 0 Å². The predicted octanol–water partition coefficient (Wildman–Crippen LogP) is 1.25. The molecule has 0 bridgehead atoms. The van der Waals surface area contributed by atoms with Gasteiger partial charge in [-0.3, -0.25) is 4.79 Å². The van der Waals surface area contributed by atoms with Crippen LogP contribution >= 0.6 is 0 Å². The first kappa shape index (κ1) is 11.3. The second-order valence-corrected chi connectivity index (χ2v) is 3.91. The summed E-state index contributed by atoms with van der Waals surface area (Å²) >= 11 is 0. The average molecular weight is 212 g/mol. The molecule has 1 rings (SSSR count). The molecule has 6 heteroatoms. The Morgan fingerprint density at radius 1 is 1.43 bits per heavy atom. The summed E-state index contributed by atoms with van der Waals surface area (Å²) in [6, 6.07) is 0. The maximum absolute atomic E-state index is 12.1. The Bertz CT molecular complexity index is 241. The Kier molecular flexibility index (Phi) is 2.51. The van der Waals surface area contributed by atoms with Crippen LogP contribution in [0, 0.1) is 5.92 Å². The van der Waals surface area contributed by atoms with Crippen LogP contribution in [0.25, 0.3) is 0 Å². The van der Waals surface area contributed by atoms with Gasteiger partial charge < -0.3 is 9.84 Å². The Balaban J connectivity index is 2.75. The van der Waals surface area contributed by atoms with Gasteiger partial charge in [0.2, 0.25) is 0 Å². The molecule has 1 N–H and O–H groups in total. The van der Waals surface area contributed by atoms with Gasteiger partial charge in [0.05, 0.1) is 11.5 Å². The fourth-order valence-electron chi connectivity index (χ4n) is 1.36. The van der Waals surface area contributed by atoms with E-state index in [-0.39, 0.29) is 0 Å². The lowest BCUT2D eigenvalue weighted by Gasteiger charge is -2.21. The van der Waals surface area contributed by atoms with E-state index < -0.39 is 36.2 Å². The number of halogens is 3. The Morgan fingerprint density at radius 2 is 1.93 bits per heavy atom. The number of aliphatic hydroxyl groups is 1. The number of esters is 1. The molecule has 2 atom stereocenters. The lowest BCUT2D eigenvalue weighted by Crippen LogP contribution is -2.34. The van der Waals surface area contributed by atoms with Crippen molar-refractivity contribution in [2.24, 2.45) is 5.92 Å². The molecule has 82 valence electrons. The van der Waals surface area contributed by atoms with Crippen LogP contribution in [-0.4, -0.2) is 29.0 Å². The van der Waals surface area contributed by atoms with Crippen LogP contribution in [-0.2, 0) is 9.53 Å². The van der Waals surface area contributed by atoms with E-state index >= 15 is 0 Å². The summed E-state index contributed by atoms with van der Waals surface area (Å²) in [6.07, 6.45) is -7.13. The van der Waals surface area contributed by atoms with Gasteiger partial charge in [0.25, 0.3) is 0 Å². The van der Waals surface area contributed by atoms with E-state index in [1.807, 2.05) is 0 Å². The monoisotopic (exact) mass is 212 g/mol. The zero-order chi connectivity index (χ0) is 11.1. The molecule has 0 saturated carbocycles. The number of ether oxygens (including phenoxy) is 1. The van der Waals surface area contributed by atoms with Crippen LogP contribution in [0.3, 0.4) is 0 Å². The lowest BCUT2D eigenvalue weighted by atomic mass is 9.88. The summed E-state index contributed by atoms with van der Waals surface area (Å²) in [7, 11) is 0. The number of cyclic esters (lactones) is 1. The van der Waals surface area contributed by atoms with Crippen molar-refractivity contribution in [3.8, 4) is 0 Å². The lowest BCUT2D eigenvalue weighted by molar-refractivity contribution is -0.209. The highest BCUT2D eigenvalue weighted by molar-refractivity contribution is 5.76. The minimum atomic E-state index is -4.55. The summed E-state index contributed by atoms with van der Waals surface area (Å²) in [4.78, 5) is 11.0. The normalized spacial score (nSPS) is 29.1. The summed E-state index contributed by atoms with van der Waals surface area (Å²) in [6.45, 7) is 2.58. The molecule has 0 unspecified atom stereocenters. The molecule has 0 aliphatic carbocycles. The highest BCUT2D eigenvalue weighted by atomic mass is 19.4. The maximum atomic E-state index is 12.1. The number of hydrogen-bond acceptors (Lipinski definition) is 3. The molecular weight excluding hydrogens is 201 g/mol. The predicted molar refractivity (Wildman–Crippen MR) is 40.3 cm³/mol. The average Bonchev–Trinajstić information content (AvgIpc) is 2.27. The molecule has 1 fully saturated rings. The van der Waals surface area contributed by atoms with Crippen molar-refractivity contribution in [1.82, 2.24) is 0 Å². The van der Waals surface area contributed by atoms with Crippen molar-refractivity contribution in [3.05, 3.63) is 0 Å². The summed E-state index contributed by atoms with van der Waals surface area (Å²) in [5, 5.41) is 9.40. The summed E-state index contributed by atoms with van der Waals surface area (Å²) in [5.74, 6) is -2.09. The Hall–Kier alpha value is -0.780. The van der Waals surface area contributed by atoms with Crippen LogP contribution in [0.5, 0.6) is 0 Å². The number of carbonyl (C=O) groups excluding carboxylic acids is 1. The molecule has 14 heavy (non-hydrogen) atoms. The first-order valence-electron chi connectivity index (χ1n) is 4.12. The van der Waals surface area contributed by atoms with Gasteiger partial charge in [0.1, 0.15) is 0 Å². The van der Waals surface area contributed by atoms with E-state index in [0.29, 0.717) is 0 Å². The van der Waals surface area contributed by atoms with E-state index in [4.69, 9.17) is 0 Å². The third kappa shape index (κ3) is 2.17. The topological polar surface area (TPSA) is 46.5 Å². The largest absolute Gasteiger partial charge is 0.452 e. The van der Waals surface area contributed by atoms with E-state index in [2.05, 4.69) is 4.74 Å². The van der Waals surface area contributed by atoms with Crippen LogP contribution in [0.4, 0.5) is 13.2 Å². The second kappa shape index (κ2) is 3.12. The molecule has 0 aromatic rings. The van der Waals surface area contributed by atoms with Crippen LogP contribution in [0.15, 0.2) is 0 Å². The SMILES string of the molecule is CC(C)(O)[C@H]1C[C@H](C(F)(F)F)OC1=O. The van der Waals surface area contributed by atoms with E-state index in [1.54, 1.807) is 0 Å². The smallest absolute Gasteiger partial charge is 0.425 e. The Labute approximate surface area is 78.9 Å². The molecule has 0 aromatic heterocycles.